The number of phosphoric ester groups is 1. The third kappa shape index (κ3) is 8.97. The standard InChI is InChI=1S/C12H24O17P2.2Ca.4H/c13-1-4-7(16)10(19)12(3-14,27-4)28-11-9(18)8(17)6(15)5(26-11)2-25-31(23,24)29-30(20,21)22;;;;;;/h4-11,13-19H,1-3H2,(H,23,24)(H2,20,21,22);;;;;;/t4-,5-,6-,7-,8+,9-,10+,11-,12+;;;;;;/m1....../s1. The van der Waals surface area contributed by atoms with Crippen molar-refractivity contribution in [3.63, 3.8) is 0 Å². The van der Waals surface area contributed by atoms with Crippen molar-refractivity contribution in [1.29, 1.82) is 0 Å². The van der Waals surface area contributed by atoms with Gasteiger partial charge in [0.25, 0.3) is 0 Å². The van der Waals surface area contributed by atoms with Crippen LogP contribution in [-0.4, -0.2) is 201 Å². The zero-order chi connectivity index (χ0) is 23.8. The van der Waals surface area contributed by atoms with Gasteiger partial charge in [0, 0.05) is 0 Å². The summed E-state index contributed by atoms with van der Waals surface area (Å²) in [6, 6.07) is 0. The number of aliphatic hydroxyl groups is 7. The van der Waals surface area contributed by atoms with E-state index in [1.54, 1.807) is 0 Å². The van der Waals surface area contributed by atoms with Gasteiger partial charge >= 0.3 is 91.1 Å². The molecule has 21 heteroatoms. The molecule has 0 aromatic rings. The molecule has 2 aliphatic rings. The van der Waals surface area contributed by atoms with Crippen molar-refractivity contribution in [2.45, 2.75) is 54.8 Å². The van der Waals surface area contributed by atoms with Gasteiger partial charge in [-0.25, -0.2) is 9.13 Å². The molecule has 10 N–H and O–H groups in total. The Kier molecular flexibility index (Phi) is 15.0. The van der Waals surface area contributed by atoms with Gasteiger partial charge in [0.15, 0.2) is 6.29 Å². The Balaban J connectivity index is 0.00000512. The van der Waals surface area contributed by atoms with Gasteiger partial charge in [-0.1, -0.05) is 0 Å². The number of hydrogen-bond acceptors (Lipinski definition) is 14. The first-order valence-corrected chi connectivity index (χ1v) is 11.6. The molecule has 0 bridgehead atoms. The predicted octanol–water partition coefficient (Wildman–Crippen LogP) is -6.99. The monoisotopic (exact) mass is 586 g/mol. The van der Waals surface area contributed by atoms with Crippen molar-refractivity contribution >= 4 is 91.1 Å². The summed E-state index contributed by atoms with van der Waals surface area (Å²) < 4.78 is 45.5. The molecule has 0 radical (unpaired) electrons. The third-order valence-corrected chi connectivity index (χ3v) is 6.65. The molecule has 0 spiro atoms. The van der Waals surface area contributed by atoms with E-state index in [2.05, 4.69) is 8.83 Å². The Bertz CT molecular complexity index is 711. The maximum atomic E-state index is 11.5. The number of phosphoric acid groups is 2. The molecule has 0 aromatic heterocycles. The summed E-state index contributed by atoms with van der Waals surface area (Å²) in [6.07, 6.45) is -14.9. The molecule has 17 nitrogen and oxygen atoms in total. The number of hydrogen-bond donors (Lipinski definition) is 10. The van der Waals surface area contributed by atoms with Crippen molar-refractivity contribution in [2.24, 2.45) is 0 Å². The van der Waals surface area contributed by atoms with Crippen LogP contribution in [0.5, 0.6) is 0 Å². The summed E-state index contributed by atoms with van der Waals surface area (Å²) in [4.78, 5) is 26.4. The summed E-state index contributed by atoms with van der Waals surface area (Å²) in [6.45, 7) is -3.04. The van der Waals surface area contributed by atoms with Gasteiger partial charge in [-0.05, 0) is 0 Å². The Morgan fingerprint density at radius 2 is 1.42 bits per heavy atom. The van der Waals surface area contributed by atoms with E-state index in [0.717, 1.165) is 0 Å². The van der Waals surface area contributed by atoms with E-state index < -0.39 is 90.3 Å². The average Bonchev–Trinajstić information content (AvgIpc) is 2.90. The van der Waals surface area contributed by atoms with Gasteiger partial charge < -0.3 is 64.6 Å². The Morgan fingerprint density at radius 1 is 0.848 bits per heavy atom. The zero-order valence-corrected chi connectivity index (χ0v) is 17.3. The second-order valence-electron chi connectivity index (χ2n) is 6.71. The fraction of sp³-hybridized carbons (Fsp3) is 1.00. The van der Waals surface area contributed by atoms with Gasteiger partial charge in [0.05, 0.1) is 13.2 Å². The molecule has 2 saturated heterocycles. The van der Waals surface area contributed by atoms with Crippen LogP contribution in [-0.2, 0) is 32.2 Å². The molecule has 2 heterocycles. The van der Waals surface area contributed by atoms with E-state index in [0.29, 0.717) is 0 Å². The minimum absolute atomic E-state index is 0. The van der Waals surface area contributed by atoms with Gasteiger partial charge in [0.2, 0.25) is 5.79 Å². The predicted molar refractivity (Wildman–Crippen MR) is 108 cm³/mol. The Hall–Kier alpha value is 2.38. The summed E-state index contributed by atoms with van der Waals surface area (Å²) in [5.74, 6) is -2.44. The first-order chi connectivity index (χ1) is 14.2. The molecule has 2 rings (SSSR count). The molecule has 2 fully saturated rings. The van der Waals surface area contributed by atoms with E-state index >= 15 is 0 Å². The molecule has 2 aliphatic heterocycles. The van der Waals surface area contributed by atoms with Crippen molar-refractivity contribution in [3.05, 3.63) is 0 Å². The van der Waals surface area contributed by atoms with Crippen LogP contribution in [0.3, 0.4) is 0 Å². The molecule has 33 heavy (non-hydrogen) atoms. The van der Waals surface area contributed by atoms with Gasteiger partial charge in [0.1, 0.15) is 49.3 Å². The van der Waals surface area contributed by atoms with E-state index in [1.807, 2.05) is 0 Å². The van der Waals surface area contributed by atoms with Crippen LogP contribution in [0.2, 0.25) is 0 Å². The van der Waals surface area contributed by atoms with Gasteiger partial charge in [-0.15, -0.1) is 0 Å². The van der Waals surface area contributed by atoms with Gasteiger partial charge in [-0.3, -0.25) is 4.52 Å². The second kappa shape index (κ2) is 14.0. The minimum atomic E-state index is -5.43. The molecule has 0 aromatic carbocycles. The molecule has 0 saturated carbocycles. The van der Waals surface area contributed by atoms with Crippen LogP contribution < -0.4 is 0 Å². The summed E-state index contributed by atoms with van der Waals surface area (Å²) >= 11 is 0. The molecular weight excluding hydrogens is 558 g/mol. The fourth-order valence-electron chi connectivity index (χ4n) is 2.94. The second-order valence-corrected chi connectivity index (χ2v) is 9.54. The molecule has 1 unspecified atom stereocenters. The quantitative estimate of drug-likeness (QED) is 0.0887. The summed E-state index contributed by atoms with van der Waals surface area (Å²) in [7, 11) is -10.8. The van der Waals surface area contributed by atoms with Crippen molar-refractivity contribution in [3.8, 4) is 0 Å². The van der Waals surface area contributed by atoms with E-state index in [4.69, 9.17) is 29.1 Å². The van der Waals surface area contributed by atoms with E-state index in [-0.39, 0.29) is 75.5 Å². The zero-order valence-electron chi connectivity index (χ0n) is 15.5. The fourth-order valence-corrected chi connectivity index (χ4v) is 4.54. The average molecular weight is 586 g/mol. The molecule has 0 aliphatic carbocycles. The number of rotatable bonds is 9. The summed E-state index contributed by atoms with van der Waals surface area (Å²) in [5.41, 5.74) is 0. The molecule has 10 atom stereocenters. The van der Waals surface area contributed by atoms with Crippen LogP contribution in [0.1, 0.15) is 0 Å². The third-order valence-electron chi connectivity index (χ3n) is 4.50. The Morgan fingerprint density at radius 3 is 1.88 bits per heavy atom. The number of ether oxygens (including phenoxy) is 3. The van der Waals surface area contributed by atoms with Crippen LogP contribution in [0.15, 0.2) is 0 Å². The van der Waals surface area contributed by atoms with Crippen molar-refractivity contribution < 1.29 is 82.6 Å². The first-order valence-electron chi connectivity index (χ1n) is 8.53. The van der Waals surface area contributed by atoms with Crippen molar-refractivity contribution in [1.82, 2.24) is 0 Å². The van der Waals surface area contributed by atoms with Crippen LogP contribution in [0.25, 0.3) is 0 Å². The normalized spacial score (nSPS) is 41.0. The Labute approximate surface area is 246 Å². The number of aliphatic hydroxyl groups excluding tert-OH is 7. The van der Waals surface area contributed by atoms with Crippen LogP contribution in [0.4, 0.5) is 0 Å². The SMILES string of the molecule is O=P(O)(O)OP(=O)(O)OC[C@H]1O[C@H](O[C@]2(CO)O[C@H](CO)[C@@H](O)[C@@H]2O)[C@H](O)[C@@H](O)[C@@H]1O.[CaH2].[CaH2]. The molecular formula is C12H28Ca2O17P2. The van der Waals surface area contributed by atoms with E-state index in [9.17, 15) is 44.7 Å². The molecule has 192 valence electrons. The first kappa shape index (κ1) is 35.4. The van der Waals surface area contributed by atoms with Crippen LogP contribution >= 0.6 is 15.6 Å². The topological polar surface area (TPSA) is 283 Å². The van der Waals surface area contributed by atoms with Crippen LogP contribution in [0, 0.1) is 0 Å². The van der Waals surface area contributed by atoms with Crippen molar-refractivity contribution in [2.75, 3.05) is 19.8 Å². The maximum absolute atomic E-state index is 11.5. The summed E-state index contributed by atoms with van der Waals surface area (Å²) in [5, 5.41) is 68.8. The van der Waals surface area contributed by atoms with Gasteiger partial charge in [-0.2, -0.15) is 4.31 Å². The molecule has 0 amide bonds. The van der Waals surface area contributed by atoms with E-state index in [1.165, 1.54) is 0 Å².